The molecule has 9 nitrogen and oxygen atoms in total. The Hall–Kier alpha value is -2.79. The summed E-state index contributed by atoms with van der Waals surface area (Å²) in [7, 11) is 0. The molecule has 3 aromatic rings. The summed E-state index contributed by atoms with van der Waals surface area (Å²) in [5, 5.41) is 23.1. The Labute approximate surface area is 189 Å². The number of hydrogen-bond acceptors (Lipinski definition) is 8. The fourth-order valence-corrected chi connectivity index (χ4v) is 4.45. The molecule has 0 spiro atoms. The average molecular weight is 461 g/mol. The molecule has 3 atom stereocenters. The van der Waals surface area contributed by atoms with Crippen LogP contribution in [0.5, 0.6) is 5.75 Å². The number of fused-ring (bicyclic) bond motifs is 2. The van der Waals surface area contributed by atoms with E-state index in [2.05, 4.69) is 0 Å². The Bertz CT molecular complexity index is 1200. The van der Waals surface area contributed by atoms with Crippen molar-refractivity contribution in [1.29, 1.82) is 0 Å². The Morgan fingerprint density at radius 1 is 1.25 bits per heavy atom. The Balaban J connectivity index is 1.97. The van der Waals surface area contributed by atoms with Gasteiger partial charge in [-0.2, -0.15) is 0 Å². The number of aliphatic hydroxyl groups is 1. The van der Waals surface area contributed by atoms with E-state index in [0.717, 1.165) is 0 Å². The second kappa shape index (κ2) is 8.62. The fraction of sp³-hybridized carbons (Fsp3) is 0.409. The minimum Gasteiger partial charge on any atom is -0.479 e. The maximum Gasteiger partial charge on any atom is 0.270 e. The van der Waals surface area contributed by atoms with Crippen LogP contribution in [-0.2, 0) is 9.47 Å². The van der Waals surface area contributed by atoms with Gasteiger partial charge in [0.25, 0.3) is 10.5 Å². The second-order valence-corrected chi connectivity index (χ2v) is 7.95. The summed E-state index contributed by atoms with van der Waals surface area (Å²) in [6.07, 6.45) is -2.14. The maximum absolute atomic E-state index is 11.7. The predicted molar refractivity (Wildman–Crippen MR) is 118 cm³/mol. The van der Waals surface area contributed by atoms with Crippen molar-refractivity contribution in [2.24, 2.45) is 0 Å². The third-order valence-electron chi connectivity index (χ3n) is 5.64. The summed E-state index contributed by atoms with van der Waals surface area (Å²) in [6, 6.07) is 10.6. The lowest BCUT2D eigenvalue weighted by molar-refractivity contribution is -0.385. The molecule has 0 amide bonds. The van der Waals surface area contributed by atoms with Crippen molar-refractivity contribution in [1.82, 2.24) is 4.57 Å². The second-order valence-electron chi connectivity index (χ2n) is 7.60. The van der Waals surface area contributed by atoms with E-state index in [-0.39, 0.29) is 10.5 Å². The minimum atomic E-state index is -1.34. The highest BCUT2D eigenvalue weighted by atomic mass is 32.1. The lowest BCUT2D eigenvalue weighted by atomic mass is 9.84. The third-order valence-corrected chi connectivity index (χ3v) is 5.92. The average Bonchev–Trinajstić information content (AvgIpc) is 3.10. The monoisotopic (exact) mass is 460 g/mol. The number of nitro groups is 1. The molecule has 1 aromatic heterocycles. The van der Waals surface area contributed by atoms with Crippen LogP contribution in [0.25, 0.3) is 11.1 Å². The quantitative estimate of drug-likeness (QED) is 0.240. The van der Waals surface area contributed by atoms with Crippen molar-refractivity contribution in [3.05, 3.63) is 63.0 Å². The van der Waals surface area contributed by atoms with Crippen molar-refractivity contribution in [2.75, 3.05) is 13.2 Å². The number of aromatic nitrogens is 1. The topological polar surface area (TPSA) is 109 Å². The zero-order valence-corrected chi connectivity index (χ0v) is 18.7. The van der Waals surface area contributed by atoms with Crippen molar-refractivity contribution in [2.45, 2.75) is 44.8 Å². The smallest absolute Gasteiger partial charge is 0.270 e. The zero-order chi connectivity index (χ0) is 23.0. The lowest BCUT2D eigenvalue weighted by Gasteiger charge is -2.47. The third kappa shape index (κ3) is 3.58. The fourth-order valence-electron chi connectivity index (χ4n) is 4.15. The summed E-state index contributed by atoms with van der Waals surface area (Å²) in [4.78, 5) is 11.1. The van der Waals surface area contributed by atoms with E-state index in [1.54, 1.807) is 17.6 Å². The van der Waals surface area contributed by atoms with Crippen LogP contribution in [0.4, 0.5) is 5.69 Å². The van der Waals surface area contributed by atoms with Crippen LogP contribution in [0, 0.1) is 15.0 Å². The van der Waals surface area contributed by atoms with E-state index in [1.807, 2.05) is 32.0 Å². The van der Waals surface area contributed by atoms with Crippen LogP contribution < -0.4 is 4.74 Å². The van der Waals surface area contributed by atoms with Crippen molar-refractivity contribution >= 4 is 29.0 Å². The van der Waals surface area contributed by atoms with Gasteiger partial charge in [-0.05, 0) is 51.2 Å². The molecule has 1 N–H and O–H groups in total. The molecule has 0 saturated heterocycles. The molecule has 0 unspecified atom stereocenters. The maximum atomic E-state index is 11.7. The molecule has 0 radical (unpaired) electrons. The van der Waals surface area contributed by atoms with Crippen molar-refractivity contribution in [3.8, 4) is 5.75 Å². The number of non-ortho nitro benzene ring substituents is 1. The van der Waals surface area contributed by atoms with E-state index >= 15 is 0 Å². The molecule has 1 aliphatic heterocycles. The summed E-state index contributed by atoms with van der Waals surface area (Å²) < 4.78 is 25.2. The lowest BCUT2D eigenvalue weighted by Crippen LogP contribution is -2.61. The van der Waals surface area contributed by atoms with Gasteiger partial charge < -0.3 is 23.7 Å². The highest BCUT2D eigenvalue weighted by molar-refractivity contribution is 7.71. The van der Waals surface area contributed by atoms with Gasteiger partial charge in [0.15, 0.2) is 17.5 Å². The van der Waals surface area contributed by atoms with E-state index < -0.39 is 29.0 Å². The summed E-state index contributed by atoms with van der Waals surface area (Å²) in [6.45, 7) is 6.00. The first kappa shape index (κ1) is 22.4. The molecule has 0 aliphatic carbocycles. The number of ether oxygens (including phenoxy) is 3. The molecule has 32 heavy (non-hydrogen) atoms. The van der Waals surface area contributed by atoms with Gasteiger partial charge in [-0.1, -0.05) is 12.1 Å². The number of hydrogen-bond donors (Lipinski definition) is 1. The molecular formula is C22H24N2O7S. The molecule has 1 aliphatic rings. The first-order chi connectivity index (χ1) is 15.3. The standard InChI is InChI=1S/C22H24N2O7S/c1-4-28-20(29-5-2)22(3)19(25)18(14-12-13(24(26)27)10-11-16(14)31-22)23-15-8-6-7-9-17(15)30-21(23)32/h6-12,18-20,25H,4-5H2,1-3H3/t18-,19+,22+/m0/s1. The van der Waals surface area contributed by atoms with E-state index in [1.165, 1.54) is 18.2 Å². The van der Waals surface area contributed by atoms with Crippen LogP contribution in [0.1, 0.15) is 32.4 Å². The van der Waals surface area contributed by atoms with Gasteiger partial charge in [-0.15, -0.1) is 0 Å². The molecule has 2 aromatic carbocycles. The predicted octanol–water partition coefficient (Wildman–Crippen LogP) is 4.37. The van der Waals surface area contributed by atoms with Crippen LogP contribution in [-0.4, -0.2) is 45.8 Å². The van der Waals surface area contributed by atoms with Crippen LogP contribution in [0.15, 0.2) is 46.9 Å². The van der Waals surface area contributed by atoms with Gasteiger partial charge in [0.05, 0.1) is 16.5 Å². The number of aliphatic hydroxyl groups excluding tert-OH is 1. The number of oxazole rings is 1. The van der Waals surface area contributed by atoms with Crippen LogP contribution in [0.2, 0.25) is 0 Å². The van der Waals surface area contributed by atoms with E-state index in [4.69, 9.17) is 30.8 Å². The number of nitro benzene ring substituents is 1. The number of benzene rings is 2. The molecule has 0 fully saturated rings. The summed E-state index contributed by atoms with van der Waals surface area (Å²) >= 11 is 5.49. The van der Waals surface area contributed by atoms with Gasteiger partial charge in [-0.25, -0.2) is 0 Å². The first-order valence-electron chi connectivity index (χ1n) is 10.3. The largest absolute Gasteiger partial charge is 0.479 e. The Morgan fingerprint density at radius 3 is 2.59 bits per heavy atom. The Morgan fingerprint density at radius 2 is 1.94 bits per heavy atom. The summed E-state index contributed by atoms with van der Waals surface area (Å²) in [5.74, 6) is 0.366. The van der Waals surface area contributed by atoms with Crippen molar-refractivity contribution in [3.63, 3.8) is 0 Å². The molecule has 0 bridgehead atoms. The molecule has 0 saturated carbocycles. The highest BCUT2D eigenvalue weighted by Crippen LogP contribution is 2.46. The molecule has 4 rings (SSSR count). The molecule has 2 heterocycles. The van der Waals surface area contributed by atoms with Gasteiger partial charge in [0.2, 0.25) is 0 Å². The Kier molecular flexibility index (Phi) is 6.04. The van der Waals surface area contributed by atoms with Crippen molar-refractivity contribution < 1.29 is 28.7 Å². The van der Waals surface area contributed by atoms with Crippen LogP contribution in [0.3, 0.4) is 0 Å². The van der Waals surface area contributed by atoms with Gasteiger partial charge in [-0.3, -0.25) is 14.7 Å². The normalized spacial score (nSPS) is 22.7. The van der Waals surface area contributed by atoms with E-state index in [0.29, 0.717) is 35.6 Å². The van der Waals surface area contributed by atoms with E-state index in [9.17, 15) is 15.2 Å². The summed E-state index contributed by atoms with van der Waals surface area (Å²) in [5.41, 5.74) is 0.133. The molecule has 10 heteroatoms. The number of nitrogens with zero attached hydrogens (tertiary/aromatic N) is 2. The van der Waals surface area contributed by atoms with Gasteiger partial charge in [0.1, 0.15) is 11.9 Å². The number of para-hydroxylation sites is 2. The molecule has 170 valence electrons. The minimum absolute atomic E-state index is 0.126. The van der Waals surface area contributed by atoms with Gasteiger partial charge >= 0.3 is 0 Å². The van der Waals surface area contributed by atoms with Gasteiger partial charge in [0, 0.05) is 30.9 Å². The highest BCUT2D eigenvalue weighted by Gasteiger charge is 2.54. The zero-order valence-electron chi connectivity index (χ0n) is 17.9. The number of rotatable bonds is 7. The van der Waals surface area contributed by atoms with Crippen LogP contribution >= 0.6 is 12.2 Å². The first-order valence-corrected chi connectivity index (χ1v) is 10.7. The SMILES string of the molecule is CCOC(OCC)[C@]1(C)Oc2ccc([N+](=O)[O-])cc2[C@H](n2c(=S)oc3ccccc32)[C@H]1O. The molecular weight excluding hydrogens is 436 g/mol.